The molecule has 1 atom stereocenters. The molecule has 1 aromatic rings. The smallest absolute Gasteiger partial charge is 0.0330 e. The highest BCUT2D eigenvalue weighted by atomic mass is 15.2. The monoisotopic (exact) mass is 216 g/mol. The molecule has 2 heteroatoms. The summed E-state index contributed by atoms with van der Waals surface area (Å²) in [6.07, 6.45) is 3.93. The van der Waals surface area contributed by atoms with Crippen molar-refractivity contribution in [3.05, 3.63) is 48.6 Å². The molecule has 2 rings (SSSR count). The molecule has 0 radical (unpaired) electrons. The predicted molar refractivity (Wildman–Crippen MR) is 68.1 cm³/mol. The standard InChI is InChI=1S/C14H20N2/c1-2-8-14(15)9-10-16(12-14)11-13-6-4-3-5-7-13/h2-7H,1,8-12,15H2/t14-/m0/s1. The highest BCUT2D eigenvalue weighted by Gasteiger charge is 2.32. The summed E-state index contributed by atoms with van der Waals surface area (Å²) >= 11 is 0. The van der Waals surface area contributed by atoms with Crippen LogP contribution in [0.5, 0.6) is 0 Å². The Balaban J connectivity index is 1.92. The second-order valence-electron chi connectivity index (χ2n) is 4.80. The Morgan fingerprint density at radius 1 is 1.38 bits per heavy atom. The third-order valence-corrected chi connectivity index (χ3v) is 3.26. The average Bonchev–Trinajstić information content (AvgIpc) is 2.62. The van der Waals surface area contributed by atoms with Gasteiger partial charge in [-0.25, -0.2) is 0 Å². The Bertz CT molecular complexity index is 347. The number of hydrogen-bond donors (Lipinski definition) is 1. The second kappa shape index (κ2) is 4.81. The fourth-order valence-corrected chi connectivity index (χ4v) is 2.41. The molecule has 86 valence electrons. The lowest BCUT2D eigenvalue weighted by Crippen LogP contribution is -2.41. The van der Waals surface area contributed by atoms with E-state index in [-0.39, 0.29) is 5.54 Å². The van der Waals surface area contributed by atoms with Gasteiger partial charge in [0.25, 0.3) is 0 Å². The van der Waals surface area contributed by atoms with Gasteiger partial charge < -0.3 is 5.73 Å². The van der Waals surface area contributed by atoms with Crippen molar-refractivity contribution in [3.8, 4) is 0 Å². The van der Waals surface area contributed by atoms with Crippen LogP contribution in [0.4, 0.5) is 0 Å². The van der Waals surface area contributed by atoms with Crippen LogP contribution in [0.15, 0.2) is 43.0 Å². The lowest BCUT2D eigenvalue weighted by atomic mass is 9.96. The van der Waals surface area contributed by atoms with E-state index in [9.17, 15) is 0 Å². The number of rotatable bonds is 4. The molecule has 1 saturated heterocycles. The number of benzene rings is 1. The van der Waals surface area contributed by atoms with Gasteiger partial charge in [0.2, 0.25) is 0 Å². The number of nitrogens with two attached hydrogens (primary N) is 1. The summed E-state index contributed by atoms with van der Waals surface area (Å²) in [5.41, 5.74) is 7.62. The van der Waals surface area contributed by atoms with Gasteiger partial charge in [-0.2, -0.15) is 0 Å². The molecule has 1 fully saturated rings. The van der Waals surface area contributed by atoms with Crippen molar-refractivity contribution in [2.24, 2.45) is 5.73 Å². The molecule has 2 nitrogen and oxygen atoms in total. The van der Waals surface area contributed by atoms with E-state index in [4.69, 9.17) is 5.73 Å². The van der Waals surface area contributed by atoms with Crippen molar-refractivity contribution in [2.45, 2.75) is 24.9 Å². The van der Waals surface area contributed by atoms with E-state index in [0.717, 1.165) is 32.5 Å². The summed E-state index contributed by atoms with van der Waals surface area (Å²) in [6.45, 7) is 6.87. The van der Waals surface area contributed by atoms with Crippen molar-refractivity contribution in [1.29, 1.82) is 0 Å². The van der Waals surface area contributed by atoms with Crippen molar-refractivity contribution in [3.63, 3.8) is 0 Å². The maximum atomic E-state index is 6.30. The van der Waals surface area contributed by atoms with Gasteiger partial charge in [0.15, 0.2) is 0 Å². The average molecular weight is 216 g/mol. The third-order valence-electron chi connectivity index (χ3n) is 3.26. The van der Waals surface area contributed by atoms with E-state index >= 15 is 0 Å². The molecular weight excluding hydrogens is 196 g/mol. The fraction of sp³-hybridized carbons (Fsp3) is 0.429. The highest BCUT2D eigenvalue weighted by Crippen LogP contribution is 2.23. The zero-order valence-corrected chi connectivity index (χ0v) is 9.73. The van der Waals surface area contributed by atoms with Gasteiger partial charge >= 0.3 is 0 Å². The minimum absolute atomic E-state index is 0.0451. The molecule has 1 aliphatic rings. The first-order valence-electron chi connectivity index (χ1n) is 5.88. The molecule has 1 heterocycles. The van der Waals surface area contributed by atoms with E-state index < -0.39 is 0 Å². The molecule has 0 aromatic heterocycles. The minimum Gasteiger partial charge on any atom is -0.324 e. The van der Waals surface area contributed by atoms with Gasteiger partial charge in [0, 0.05) is 25.2 Å². The van der Waals surface area contributed by atoms with E-state index in [2.05, 4.69) is 41.8 Å². The molecule has 0 spiro atoms. The van der Waals surface area contributed by atoms with Crippen LogP contribution in [0.3, 0.4) is 0 Å². The van der Waals surface area contributed by atoms with Crippen LogP contribution in [0.2, 0.25) is 0 Å². The van der Waals surface area contributed by atoms with Crippen LogP contribution in [0, 0.1) is 0 Å². The molecule has 2 N–H and O–H groups in total. The Hall–Kier alpha value is -1.12. The van der Waals surface area contributed by atoms with Gasteiger partial charge in [-0.3, -0.25) is 4.90 Å². The molecule has 0 aliphatic carbocycles. The summed E-state index contributed by atoms with van der Waals surface area (Å²) in [5, 5.41) is 0. The predicted octanol–water partition coefficient (Wildman–Crippen LogP) is 2.17. The number of nitrogens with zero attached hydrogens (tertiary/aromatic N) is 1. The van der Waals surface area contributed by atoms with Crippen molar-refractivity contribution < 1.29 is 0 Å². The van der Waals surface area contributed by atoms with Crippen molar-refractivity contribution >= 4 is 0 Å². The lowest BCUT2D eigenvalue weighted by Gasteiger charge is -2.23. The van der Waals surface area contributed by atoms with Crippen LogP contribution in [0.25, 0.3) is 0 Å². The number of hydrogen-bond acceptors (Lipinski definition) is 2. The summed E-state index contributed by atoms with van der Waals surface area (Å²) < 4.78 is 0. The van der Waals surface area contributed by atoms with Gasteiger partial charge in [-0.1, -0.05) is 36.4 Å². The SMILES string of the molecule is C=CC[C@]1(N)CCN(Cc2ccccc2)C1. The molecule has 0 amide bonds. The maximum absolute atomic E-state index is 6.30. The molecule has 16 heavy (non-hydrogen) atoms. The second-order valence-corrected chi connectivity index (χ2v) is 4.80. The van der Waals surface area contributed by atoms with E-state index in [1.807, 2.05) is 6.08 Å². The van der Waals surface area contributed by atoms with Gasteiger partial charge in [-0.15, -0.1) is 6.58 Å². The summed E-state index contributed by atoms with van der Waals surface area (Å²) in [6, 6.07) is 10.6. The molecular formula is C14H20N2. The van der Waals surface area contributed by atoms with Gasteiger partial charge in [-0.05, 0) is 18.4 Å². The molecule has 0 bridgehead atoms. The Kier molecular flexibility index (Phi) is 3.42. The Morgan fingerprint density at radius 3 is 2.81 bits per heavy atom. The minimum atomic E-state index is -0.0451. The lowest BCUT2D eigenvalue weighted by molar-refractivity contribution is 0.304. The van der Waals surface area contributed by atoms with Gasteiger partial charge in [0.1, 0.15) is 0 Å². The van der Waals surface area contributed by atoms with Crippen LogP contribution >= 0.6 is 0 Å². The summed E-state index contributed by atoms with van der Waals surface area (Å²) in [4.78, 5) is 2.43. The summed E-state index contributed by atoms with van der Waals surface area (Å²) in [7, 11) is 0. The molecule has 1 aliphatic heterocycles. The van der Waals surface area contributed by atoms with Crippen LogP contribution in [-0.4, -0.2) is 23.5 Å². The third kappa shape index (κ3) is 2.71. The van der Waals surface area contributed by atoms with Gasteiger partial charge in [0.05, 0.1) is 0 Å². The number of likely N-dealkylation sites (tertiary alicyclic amines) is 1. The molecule has 1 aromatic carbocycles. The van der Waals surface area contributed by atoms with Crippen molar-refractivity contribution in [2.75, 3.05) is 13.1 Å². The maximum Gasteiger partial charge on any atom is 0.0330 e. The first-order valence-corrected chi connectivity index (χ1v) is 5.88. The van der Waals surface area contributed by atoms with Crippen LogP contribution < -0.4 is 5.73 Å². The van der Waals surface area contributed by atoms with E-state index in [0.29, 0.717) is 0 Å². The first kappa shape index (κ1) is 11.4. The largest absolute Gasteiger partial charge is 0.324 e. The molecule has 0 unspecified atom stereocenters. The quantitative estimate of drug-likeness (QED) is 0.782. The highest BCUT2D eigenvalue weighted by molar-refractivity contribution is 5.15. The summed E-state index contributed by atoms with van der Waals surface area (Å²) in [5.74, 6) is 0. The fourth-order valence-electron chi connectivity index (χ4n) is 2.41. The topological polar surface area (TPSA) is 29.3 Å². The zero-order valence-electron chi connectivity index (χ0n) is 9.73. The Morgan fingerprint density at radius 2 is 2.12 bits per heavy atom. The van der Waals surface area contributed by atoms with Crippen LogP contribution in [0.1, 0.15) is 18.4 Å². The van der Waals surface area contributed by atoms with E-state index in [1.54, 1.807) is 0 Å². The van der Waals surface area contributed by atoms with Crippen LogP contribution in [-0.2, 0) is 6.54 Å². The molecule has 0 saturated carbocycles. The first-order chi connectivity index (χ1) is 7.72. The Labute approximate surface area is 97.8 Å². The zero-order chi connectivity index (χ0) is 11.4. The van der Waals surface area contributed by atoms with Crippen molar-refractivity contribution in [1.82, 2.24) is 4.90 Å². The normalized spacial score (nSPS) is 25.8. The van der Waals surface area contributed by atoms with E-state index in [1.165, 1.54) is 5.56 Å².